The first-order valence-electron chi connectivity index (χ1n) is 4.48. The van der Waals surface area contributed by atoms with Crippen molar-refractivity contribution in [2.75, 3.05) is 0 Å². The molecule has 0 aliphatic rings. The third-order valence-corrected chi connectivity index (χ3v) is 2.19. The Morgan fingerprint density at radius 3 is 1.87 bits per heavy atom. The minimum absolute atomic E-state index is 0.666. The second kappa shape index (κ2) is 4.80. The number of nitriles is 3. The second-order valence-corrected chi connectivity index (χ2v) is 3.25. The molecular formula is C12H9N3. The molecule has 0 spiro atoms. The summed E-state index contributed by atoms with van der Waals surface area (Å²) in [6.07, 6.45) is 0. The van der Waals surface area contributed by atoms with E-state index >= 15 is 0 Å². The summed E-state index contributed by atoms with van der Waals surface area (Å²) in [5, 5.41) is 26.4. The first-order valence-corrected chi connectivity index (χ1v) is 4.48. The minimum Gasteiger partial charge on any atom is -0.198 e. The van der Waals surface area contributed by atoms with Crippen LogP contribution in [0.15, 0.2) is 24.3 Å². The highest BCUT2D eigenvalue weighted by molar-refractivity contribution is 5.32. The lowest BCUT2D eigenvalue weighted by Gasteiger charge is -2.09. The topological polar surface area (TPSA) is 71.4 Å². The Morgan fingerprint density at radius 2 is 1.47 bits per heavy atom. The molecule has 0 fully saturated rings. The van der Waals surface area contributed by atoms with E-state index in [1.165, 1.54) is 0 Å². The number of benzene rings is 1. The van der Waals surface area contributed by atoms with Crippen LogP contribution in [-0.4, -0.2) is 0 Å². The Bertz CT molecular complexity index is 440. The largest absolute Gasteiger partial charge is 0.198 e. The summed E-state index contributed by atoms with van der Waals surface area (Å²) in [6, 6.07) is 13.0. The van der Waals surface area contributed by atoms with Crippen LogP contribution in [0.4, 0.5) is 0 Å². The van der Waals surface area contributed by atoms with E-state index in [0.717, 1.165) is 11.1 Å². The fourth-order valence-electron chi connectivity index (χ4n) is 1.29. The van der Waals surface area contributed by atoms with Crippen LogP contribution in [0.5, 0.6) is 0 Å². The van der Waals surface area contributed by atoms with E-state index in [1.807, 2.05) is 37.3 Å². The molecule has 0 aromatic heterocycles. The number of aryl methyl sites for hydroxylation is 1. The quantitative estimate of drug-likeness (QED) is 0.726. The zero-order valence-electron chi connectivity index (χ0n) is 8.31. The van der Waals surface area contributed by atoms with Crippen LogP contribution >= 0.6 is 0 Å². The summed E-state index contributed by atoms with van der Waals surface area (Å²) in [5.41, 5.74) is 1.80. The van der Waals surface area contributed by atoms with Gasteiger partial charge in [0, 0.05) is 0 Å². The third kappa shape index (κ3) is 2.33. The smallest absolute Gasteiger partial charge is 0.153 e. The molecule has 0 N–H and O–H groups in total. The van der Waals surface area contributed by atoms with Crippen LogP contribution in [0.25, 0.3) is 0 Å². The SMILES string of the molecule is Cc1ccc([C@@H](C#N)C(C#N)C#N)cc1. The monoisotopic (exact) mass is 195 g/mol. The number of hydrogen-bond donors (Lipinski definition) is 0. The maximum Gasteiger partial charge on any atom is 0.153 e. The van der Waals surface area contributed by atoms with Crippen LogP contribution in [0.1, 0.15) is 17.0 Å². The first-order chi connectivity index (χ1) is 7.22. The summed E-state index contributed by atoms with van der Waals surface area (Å²) < 4.78 is 0. The van der Waals surface area contributed by atoms with Gasteiger partial charge >= 0.3 is 0 Å². The second-order valence-electron chi connectivity index (χ2n) is 3.25. The summed E-state index contributed by atoms with van der Waals surface area (Å²) in [4.78, 5) is 0. The Balaban J connectivity index is 3.06. The molecule has 0 saturated carbocycles. The number of hydrogen-bond acceptors (Lipinski definition) is 3. The molecule has 0 radical (unpaired) electrons. The average molecular weight is 195 g/mol. The van der Waals surface area contributed by atoms with Crippen molar-refractivity contribution < 1.29 is 0 Å². The van der Waals surface area contributed by atoms with Gasteiger partial charge in [-0.3, -0.25) is 0 Å². The average Bonchev–Trinajstić information content (AvgIpc) is 2.27. The number of nitrogens with zero attached hydrogens (tertiary/aromatic N) is 3. The van der Waals surface area contributed by atoms with Crippen molar-refractivity contribution >= 4 is 0 Å². The molecule has 0 saturated heterocycles. The normalized spacial score (nSPS) is 11.1. The lowest BCUT2D eigenvalue weighted by atomic mass is 9.89. The molecule has 15 heavy (non-hydrogen) atoms. The van der Waals surface area contributed by atoms with Gasteiger partial charge in [0.1, 0.15) is 5.92 Å². The van der Waals surface area contributed by atoms with E-state index in [0.29, 0.717) is 0 Å². The minimum atomic E-state index is -0.905. The zero-order valence-corrected chi connectivity index (χ0v) is 8.31. The van der Waals surface area contributed by atoms with Crippen LogP contribution in [0, 0.1) is 46.8 Å². The lowest BCUT2D eigenvalue weighted by molar-refractivity contribution is 0.744. The summed E-state index contributed by atoms with van der Waals surface area (Å²) in [5.74, 6) is -1.57. The molecule has 1 aromatic carbocycles. The van der Waals surface area contributed by atoms with Crippen molar-refractivity contribution in [1.29, 1.82) is 15.8 Å². The molecule has 1 rings (SSSR count). The van der Waals surface area contributed by atoms with Crippen molar-refractivity contribution in [3.63, 3.8) is 0 Å². The van der Waals surface area contributed by atoms with Crippen molar-refractivity contribution in [3.8, 4) is 18.2 Å². The predicted octanol–water partition coefficient (Wildman–Crippen LogP) is 2.27. The Labute approximate surface area is 88.8 Å². The van der Waals surface area contributed by atoms with Gasteiger partial charge in [0.25, 0.3) is 0 Å². The highest BCUT2D eigenvalue weighted by atomic mass is 14.4. The van der Waals surface area contributed by atoms with Gasteiger partial charge in [-0.15, -0.1) is 0 Å². The summed E-state index contributed by atoms with van der Waals surface area (Å²) >= 11 is 0. The van der Waals surface area contributed by atoms with E-state index in [4.69, 9.17) is 15.8 Å². The standard InChI is InChI=1S/C12H9N3/c1-9-2-4-10(5-3-9)12(8-15)11(6-13)7-14/h2-5,11-12H,1H3/t12-/m1/s1. The highest BCUT2D eigenvalue weighted by Gasteiger charge is 2.22. The Hall–Kier alpha value is -2.31. The maximum atomic E-state index is 8.93. The molecule has 0 unspecified atom stereocenters. The fourth-order valence-corrected chi connectivity index (χ4v) is 1.29. The van der Waals surface area contributed by atoms with Gasteiger partial charge in [0.15, 0.2) is 5.92 Å². The third-order valence-electron chi connectivity index (χ3n) is 2.19. The van der Waals surface area contributed by atoms with Crippen LogP contribution in [-0.2, 0) is 0 Å². The molecule has 1 aromatic rings. The zero-order chi connectivity index (χ0) is 11.3. The summed E-state index contributed by atoms with van der Waals surface area (Å²) in [7, 11) is 0. The molecule has 3 heteroatoms. The van der Waals surface area contributed by atoms with Crippen LogP contribution < -0.4 is 0 Å². The molecule has 0 heterocycles. The molecule has 3 nitrogen and oxygen atoms in total. The lowest BCUT2D eigenvalue weighted by Crippen LogP contribution is -2.07. The molecule has 72 valence electrons. The summed E-state index contributed by atoms with van der Waals surface area (Å²) in [6.45, 7) is 1.94. The van der Waals surface area contributed by atoms with E-state index in [1.54, 1.807) is 12.1 Å². The molecule has 0 bridgehead atoms. The van der Waals surface area contributed by atoms with E-state index < -0.39 is 11.8 Å². The fraction of sp³-hybridized carbons (Fsp3) is 0.250. The van der Waals surface area contributed by atoms with Crippen LogP contribution in [0.3, 0.4) is 0 Å². The van der Waals surface area contributed by atoms with Crippen molar-refractivity contribution in [1.82, 2.24) is 0 Å². The van der Waals surface area contributed by atoms with Gasteiger partial charge in [0.05, 0.1) is 18.2 Å². The van der Waals surface area contributed by atoms with Crippen molar-refractivity contribution in [3.05, 3.63) is 35.4 Å². The first kappa shape index (κ1) is 10.8. The highest BCUT2D eigenvalue weighted by Crippen LogP contribution is 2.23. The number of rotatable bonds is 2. The molecule has 0 aliphatic carbocycles. The van der Waals surface area contributed by atoms with E-state index in [-0.39, 0.29) is 0 Å². The van der Waals surface area contributed by atoms with Gasteiger partial charge in [-0.05, 0) is 12.5 Å². The predicted molar refractivity (Wildman–Crippen MR) is 54.2 cm³/mol. The van der Waals surface area contributed by atoms with Gasteiger partial charge in [-0.2, -0.15) is 15.8 Å². The van der Waals surface area contributed by atoms with Crippen molar-refractivity contribution in [2.45, 2.75) is 12.8 Å². The molecule has 1 atom stereocenters. The van der Waals surface area contributed by atoms with Gasteiger partial charge < -0.3 is 0 Å². The van der Waals surface area contributed by atoms with Gasteiger partial charge in [0.2, 0.25) is 0 Å². The Morgan fingerprint density at radius 1 is 0.933 bits per heavy atom. The van der Waals surface area contributed by atoms with Crippen molar-refractivity contribution in [2.24, 2.45) is 5.92 Å². The maximum absolute atomic E-state index is 8.93. The van der Waals surface area contributed by atoms with Gasteiger partial charge in [-0.1, -0.05) is 29.8 Å². The molecular weight excluding hydrogens is 186 g/mol. The van der Waals surface area contributed by atoms with Gasteiger partial charge in [-0.25, -0.2) is 0 Å². The van der Waals surface area contributed by atoms with E-state index in [9.17, 15) is 0 Å². The molecule has 0 amide bonds. The van der Waals surface area contributed by atoms with Crippen LogP contribution in [0.2, 0.25) is 0 Å². The molecule has 0 aliphatic heterocycles. The van der Waals surface area contributed by atoms with E-state index in [2.05, 4.69) is 0 Å². The Kier molecular flexibility index (Phi) is 3.44.